The first kappa shape index (κ1) is 13.0. The molecule has 0 fully saturated rings. The molecule has 0 spiro atoms. The molecule has 0 bridgehead atoms. The normalized spacial score (nSPS) is 11.6. The van der Waals surface area contributed by atoms with E-state index in [1.54, 1.807) is 0 Å². The summed E-state index contributed by atoms with van der Waals surface area (Å²) in [5.74, 6) is 0. The quantitative estimate of drug-likeness (QED) is 0.798. The van der Waals surface area contributed by atoms with Crippen LogP contribution in [0.25, 0.3) is 0 Å². The lowest BCUT2D eigenvalue weighted by Gasteiger charge is -2.24. The Bertz CT molecular complexity index is 314. The van der Waals surface area contributed by atoms with Gasteiger partial charge in [-0.2, -0.15) is 0 Å². The summed E-state index contributed by atoms with van der Waals surface area (Å²) in [4.78, 5) is 2.14. The minimum absolute atomic E-state index is 0.577. The van der Waals surface area contributed by atoms with E-state index in [0.29, 0.717) is 6.54 Å². The van der Waals surface area contributed by atoms with Gasteiger partial charge >= 0.3 is 0 Å². The minimum atomic E-state index is -0.606. The molecule has 0 aromatic heterocycles. The van der Waals surface area contributed by atoms with Crippen molar-refractivity contribution in [2.75, 3.05) is 18.5 Å². The Morgan fingerprint density at radius 3 is 2.25 bits per heavy atom. The second-order valence-corrected chi connectivity index (χ2v) is 4.85. The minimum Gasteiger partial charge on any atom is -0.390 e. The molecule has 3 N–H and O–H groups in total. The molecule has 3 heteroatoms. The van der Waals surface area contributed by atoms with Crippen molar-refractivity contribution in [3.63, 3.8) is 0 Å². The van der Waals surface area contributed by atoms with Crippen LogP contribution in [0.15, 0.2) is 24.3 Å². The third kappa shape index (κ3) is 4.21. The topological polar surface area (TPSA) is 49.5 Å². The number of rotatable bonds is 5. The Morgan fingerprint density at radius 1 is 1.25 bits per heavy atom. The molecule has 0 atom stereocenters. The van der Waals surface area contributed by atoms with Gasteiger partial charge < -0.3 is 15.7 Å². The van der Waals surface area contributed by atoms with Crippen LogP contribution in [0, 0.1) is 0 Å². The fraction of sp³-hybridized carbons (Fsp3) is 0.538. The van der Waals surface area contributed by atoms with Crippen molar-refractivity contribution in [1.29, 1.82) is 0 Å². The highest BCUT2D eigenvalue weighted by atomic mass is 16.3. The number of aliphatic hydroxyl groups is 1. The van der Waals surface area contributed by atoms with Gasteiger partial charge in [0.15, 0.2) is 0 Å². The SMILES string of the molecule is CN(CCC(C)(C)O)c1ccc(CN)cc1. The lowest BCUT2D eigenvalue weighted by atomic mass is 10.1. The highest BCUT2D eigenvalue weighted by Gasteiger charge is 2.13. The Labute approximate surface area is 97.9 Å². The lowest BCUT2D eigenvalue weighted by molar-refractivity contribution is 0.0734. The molecule has 3 nitrogen and oxygen atoms in total. The number of hydrogen-bond donors (Lipinski definition) is 2. The van der Waals surface area contributed by atoms with E-state index in [1.165, 1.54) is 0 Å². The number of anilines is 1. The molecule has 1 aromatic rings. The zero-order valence-electron chi connectivity index (χ0n) is 10.4. The maximum Gasteiger partial charge on any atom is 0.0608 e. The van der Waals surface area contributed by atoms with Crippen molar-refractivity contribution in [3.8, 4) is 0 Å². The summed E-state index contributed by atoms with van der Waals surface area (Å²) in [6, 6.07) is 8.20. The number of nitrogens with two attached hydrogens (primary N) is 1. The van der Waals surface area contributed by atoms with Gasteiger partial charge in [-0.3, -0.25) is 0 Å². The van der Waals surface area contributed by atoms with E-state index in [9.17, 15) is 5.11 Å². The summed E-state index contributed by atoms with van der Waals surface area (Å²) in [7, 11) is 2.03. The fourth-order valence-electron chi connectivity index (χ4n) is 1.46. The zero-order chi connectivity index (χ0) is 12.2. The molecule has 90 valence electrons. The van der Waals surface area contributed by atoms with E-state index in [0.717, 1.165) is 24.2 Å². The molecule has 0 saturated heterocycles. The highest BCUT2D eigenvalue weighted by Crippen LogP contribution is 2.16. The van der Waals surface area contributed by atoms with Crippen LogP contribution in [-0.2, 0) is 6.54 Å². The summed E-state index contributed by atoms with van der Waals surface area (Å²) < 4.78 is 0. The lowest BCUT2D eigenvalue weighted by Crippen LogP contribution is -2.28. The predicted molar refractivity (Wildman–Crippen MR) is 68.5 cm³/mol. The van der Waals surface area contributed by atoms with Crippen LogP contribution in [0.4, 0.5) is 5.69 Å². The fourth-order valence-corrected chi connectivity index (χ4v) is 1.46. The van der Waals surface area contributed by atoms with Crippen molar-refractivity contribution in [1.82, 2.24) is 0 Å². The molecule has 0 aliphatic heterocycles. The van der Waals surface area contributed by atoms with Gasteiger partial charge in [-0.15, -0.1) is 0 Å². The molecule has 0 unspecified atom stereocenters. The largest absolute Gasteiger partial charge is 0.390 e. The van der Waals surface area contributed by atoms with E-state index < -0.39 is 5.60 Å². The van der Waals surface area contributed by atoms with Gasteiger partial charge in [-0.1, -0.05) is 12.1 Å². The van der Waals surface area contributed by atoms with Gasteiger partial charge in [0.25, 0.3) is 0 Å². The number of nitrogens with zero attached hydrogens (tertiary/aromatic N) is 1. The second-order valence-electron chi connectivity index (χ2n) is 4.85. The van der Waals surface area contributed by atoms with Crippen LogP contribution in [0.2, 0.25) is 0 Å². The summed E-state index contributed by atoms with van der Waals surface area (Å²) in [5, 5.41) is 9.65. The van der Waals surface area contributed by atoms with Crippen LogP contribution in [0.1, 0.15) is 25.8 Å². The molecule has 0 aliphatic carbocycles. The zero-order valence-corrected chi connectivity index (χ0v) is 10.4. The van der Waals surface area contributed by atoms with E-state index in [1.807, 2.05) is 33.0 Å². The Kier molecular flexibility index (Phi) is 4.33. The molecule has 0 saturated carbocycles. The first-order valence-electron chi connectivity index (χ1n) is 5.65. The van der Waals surface area contributed by atoms with E-state index in [2.05, 4.69) is 17.0 Å². The first-order chi connectivity index (χ1) is 7.42. The molecule has 0 aliphatic rings. The maximum atomic E-state index is 9.65. The Hall–Kier alpha value is -1.06. The third-order valence-corrected chi connectivity index (χ3v) is 2.67. The summed E-state index contributed by atoms with van der Waals surface area (Å²) >= 11 is 0. The maximum absolute atomic E-state index is 9.65. The van der Waals surface area contributed by atoms with E-state index in [4.69, 9.17) is 5.73 Å². The molecule has 0 heterocycles. The molecular formula is C13H22N2O. The standard InChI is InChI=1S/C13H22N2O/c1-13(2,16)8-9-15(3)12-6-4-11(10-14)5-7-12/h4-7,16H,8-10,14H2,1-3H3. The van der Waals surface area contributed by atoms with Gasteiger partial charge in [-0.25, -0.2) is 0 Å². The Morgan fingerprint density at radius 2 is 1.81 bits per heavy atom. The number of hydrogen-bond acceptors (Lipinski definition) is 3. The first-order valence-corrected chi connectivity index (χ1v) is 5.65. The van der Waals surface area contributed by atoms with Crippen molar-refractivity contribution in [2.45, 2.75) is 32.4 Å². The van der Waals surface area contributed by atoms with Crippen LogP contribution >= 0.6 is 0 Å². The van der Waals surface area contributed by atoms with Gasteiger partial charge in [0.2, 0.25) is 0 Å². The van der Waals surface area contributed by atoms with Gasteiger partial charge in [-0.05, 0) is 38.0 Å². The monoisotopic (exact) mass is 222 g/mol. The summed E-state index contributed by atoms with van der Waals surface area (Å²) in [5.41, 5.74) is 7.23. The average molecular weight is 222 g/mol. The van der Waals surface area contributed by atoms with Crippen LogP contribution in [-0.4, -0.2) is 24.3 Å². The summed E-state index contributed by atoms with van der Waals surface area (Å²) in [6.07, 6.45) is 0.752. The predicted octanol–water partition coefficient (Wildman–Crippen LogP) is 1.74. The highest BCUT2D eigenvalue weighted by molar-refractivity contribution is 5.46. The molecule has 16 heavy (non-hydrogen) atoms. The number of benzene rings is 1. The molecule has 0 radical (unpaired) electrons. The van der Waals surface area contributed by atoms with Crippen LogP contribution < -0.4 is 10.6 Å². The van der Waals surface area contributed by atoms with Crippen molar-refractivity contribution in [2.24, 2.45) is 5.73 Å². The molecular weight excluding hydrogens is 200 g/mol. The van der Waals surface area contributed by atoms with Crippen molar-refractivity contribution < 1.29 is 5.11 Å². The van der Waals surface area contributed by atoms with E-state index in [-0.39, 0.29) is 0 Å². The molecule has 1 aromatic carbocycles. The van der Waals surface area contributed by atoms with Crippen LogP contribution in [0.5, 0.6) is 0 Å². The van der Waals surface area contributed by atoms with Crippen LogP contribution in [0.3, 0.4) is 0 Å². The van der Waals surface area contributed by atoms with Crippen molar-refractivity contribution >= 4 is 5.69 Å². The average Bonchev–Trinajstić information content (AvgIpc) is 2.25. The smallest absolute Gasteiger partial charge is 0.0608 e. The third-order valence-electron chi connectivity index (χ3n) is 2.67. The van der Waals surface area contributed by atoms with Gasteiger partial charge in [0.05, 0.1) is 5.60 Å². The molecule has 0 amide bonds. The Balaban J connectivity index is 2.56. The van der Waals surface area contributed by atoms with Crippen molar-refractivity contribution in [3.05, 3.63) is 29.8 Å². The summed E-state index contributed by atoms with van der Waals surface area (Å²) in [6.45, 7) is 5.08. The second kappa shape index (κ2) is 5.32. The van der Waals surface area contributed by atoms with E-state index >= 15 is 0 Å². The molecule has 1 rings (SSSR count). The van der Waals surface area contributed by atoms with Gasteiger partial charge in [0.1, 0.15) is 0 Å². The van der Waals surface area contributed by atoms with Gasteiger partial charge in [0, 0.05) is 25.8 Å².